The Bertz CT molecular complexity index is 1120. The summed E-state index contributed by atoms with van der Waals surface area (Å²) in [5.41, 5.74) is -2.28. The maximum absolute atomic E-state index is 15.3. The van der Waals surface area contributed by atoms with Crippen LogP contribution in [0.5, 0.6) is 0 Å². The molecule has 1 amide bonds. The van der Waals surface area contributed by atoms with Crippen LogP contribution in [0.4, 0.5) is 18.9 Å². The average Bonchev–Trinajstić information content (AvgIpc) is 3.69. The largest absolute Gasteiger partial charge is 0.363 e. The minimum atomic E-state index is -2.32. The summed E-state index contributed by atoms with van der Waals surface area (Å²) in [6.07, 6.45) is 0.985. The van der Waals surface area contributed by atoms with Crippen molar-refractivity contribution in [3.63, 3.8) is 0 Å². The van der Waals surface area contributed by atoms with Gasteiger partial charge in [-0.3, -0.25) is 15.1 Å². The monoisotopic (exact) mass is 517 g/mol. The first-order chi connectivity index (χ1) is 17.5. The van der Waals surface area contributed by atoms with E-state index in [9.17, 15) is 13.6 Å². The number of carbonyl (C=O) groups excluding carboxylic acids is 1. The number of benzene rings is 1. The molecule has 2 heterocycles. The molecule has 1 aliphatic heterocycles. The molecule has 1 aromatic heterocycles. The van der Waals surface area contributed by atoms with Crippen molar-refractivity contribution < 1.29 is 18.0 Å². The molecule has 8 nitrogen and oxygen atoms in total. The smallest absolute Gasteiger partial charge is 0.274 e. The molecule has 0 spiro atoms. The van der Waals surface area contributed by atoms with Crippen molar-refractivity contribution in [2.45, 2.75) is 56.7 Å². The number of nitrogens with one attached hydrogen (secondary N) is 3. The Morgan fingerprint density at radius 1 is 1.35 bits per heavy atom. The second-order valence-electron chi connectivity index (χ2n) is 10.1. The topological polar surface area (TPSA) is 109 Å². The first-order valence-electron chi connectivity index (χ1n) is 12.1. The predicted octanol–water partition coefficient (Wildman–Crippen LogP) is 4.48. The van der Waals surface area contributed by atoms with Crippen molar-refractivity contribution in [2.24, 2.45) is 0 Å². The van der Waals surface area contributed by atoms with Crippen molar-refractivity contribution in [2.75, 3.05) is 32.0 Å². The molecule has 1 saturated heterocycles. The lowest BCUT2D eigenvalue weighted by molar-refractivity contribution is -0.0233. The van der Waals surface area contributed by atoms with E-state index in [4.69, 9.17) is 10.8 Å². The number of carbonyl (C=O) groups is 1. The summed E-state index contributed by atoms with van der Waals surface area (Å²) in [7, 11) is 1.50. The highest BCUT2D eigenvalue weighted by atomic mass is 19.2. The van der Waals surface area contributed by atoms with E-state index in [0.717, 1.165) is 26.1 Å². The van der Waals surface area contributed by atoms with Crippen molar-refractivity contribution in [3.8, 4) is 0 Å². The third-order valence-corrected chi connectivity index (χ3v) is 6.41. The standard InChI is InChI=1S/C25H31F3N6O.CH3N/c1-24(27)13-34(14-24)11-19-10-20(32-22(30-19)16-7-8-16)23(35)31-18-6-4-5-17(9-18)25(2,28)21(26)12-33(3)15-29;1-2/h4-6,9-10,15-16,21,29H,7-8,11-14H2,1-3H3,(H,31,35);2H,1H2/t21?,25-;/m0./s1. The van der Waals surface area contributed by atoms with Gasteiger partial charge in [-0.2, -0.15) is 0 Å². The molecule has 1 aromatic carbocycles. The van der Waals surface area contributed by atoms with Gasteiger partial charge in [-0.1, -0.05) is 12.1 Å². The van der Waals surface area contributed by atoms with Gasteiger partial charge in [0.05, 0.1) is 18.6 Å². The molecule has 1 aliphatic carbocycles. The van der Waals surface area contributed by atoms with Gasteiger partial charge in [-0.05, 0) is 57.2 Å². The van der Waals surface area contributed by atoms with E-state index in [1.807, 2.05) is 4.90 Å². The number of halogens is 3. The number of anilines is 1. The summed E-state index contributed by atoms with van der Waals surface area (Å²) in [5, 5.41) is 15.4. The molecule has 2 aromatic rings. The van der Waals surface area contributed by atoms with Gasteiger partial charge in [-0.25, -0.2) is 23.1 Å². The van der Waals surface area contributed by atoms with Crippen LogP contribution in [0.15, 0.2) is 30.3 Å². The van der Waals surface area contributed by atoms with Gasteiger partial charge in [0.1, 0.15) is 17.2 Å². The third kappa shape index (κ3) is 7.12. The molecular weight excluding hydrogens is 483 g/mol. The first-order valence-corrected chi connectivity index (χ1v) is 12.1. The number of hydrogen-bond donors (Lipinski definition) is 3. The molecule has 0 bridgehead atoms. The molecule has 37 heavy (non-hydrogen) atoms. The lowest BCUT2D eigenvalue weighted by atomic mass is 9.92. The predicted molar refractivity (Wildman–Crippen MR) is 138 cm³/mol. The zero-order valence-corrected chi connectivity index (χ0v) is 21.4. The van der Waals surface area contributed by atoms with Gasteiger partial charge in [0.2, 0.25) is 0 Å². The van der Waals surface area contributed by atoms with E-state index in [1.54, 1.807) is 25.1 Å². The quantitative estimate of drug-likeness (QED) is 0.318. The zero-order valence-electron chi connectivity index (χ0n) is 21.4. The van der Waals surface area contributed by atoms with Crippen LogP contribution in [0.25, 0.3) is 0 Å². The summed E-state index contributed by atoms with van der Waals surface area (Å²) in [4.78, 5) is 25.2. The van der Waals surface area contributed by atoms with E-state index in [1.165, 1.54) is 24.1 Å². The van der Waals surface area contributed by atoms with Crippen LogP contribution in [-0.4, -0.2) is 77.3 Å². The van der Waals surface area contributed by atoms with Gasteiger partial charge in [-0.15, -0.1) is 0 Å². The van der Waals surface area contributed by atoms with Crippen LogP contribution < -0.4 is 5.32 Å². The maximum Gasteiger partial charge on any atom is 0.274 e. The highest BCUT2D eigenvalue weighted by Gasteiger charge is 2.39. The maximum atomic E-state index is 15.3. The second kappa shape index (κ2) is 11.4. The molecule has 11 heteroatoms. The lowest BCUT2D eigenvalue weighted by Gasteiger charge is -2.42. The molecule has 4 rings (SSSR count). The fourth-order valence-corrected chi connectivity index (χ4v) is 4.22. The number of nitrogens with zero attached hydrogens (tertiary/aromatic N) is 4. The molecule has 200 valence electrons. The Morgan fingerprint density at radius 3 is 2.62 bits per heavy atom. The van der Waals surface area contributed by atoms with Gasteiger partial charge < -0.3 is 15.6 Å². The SMILES string of the molecule is C=N.CN(C=N)CC(F)[C@@](C)(F)c1cccc(NC(=O)c2cc(CN3CC(C)(F)C3)nc(C3CC3)n2)c1. The zero-order chi connectivity index (χ0) is 27.4. The molecule has 1 unspecified atom stereocenters. The third-order valence-electron chi connectivity index (χ3n) is 6.41. The lowest BCUT2D eigenvalue weighted by Crippen LogP contribution is -2.56. The molecule has 1 saturated carbocycles. The number of rotatable bonds is 10. The summed E-state index contributed by atoms with van der Waals surface area (Å²) in [5.74, 6) is 0.352. The minimum absolute atomic E-state index is 0.0790. The van der Waals surface area contributed by atoms with Crippen molar-refractivity contribution in [1.29, 1.82) is 10.8 Å². The number of hydrogen-bond acceptors (Lipinski definition) is 6. The first kappa shape index (κ1) is 28.2. The van der Waals surface area contributed by atoms with E-state index in [0.29, 0.717) is 36.8 Å². The van der Waals surface area contributed by atoms with Crippen LogP contribution in [0, 0.1) is 10.8 Å². The molecule has 2 atom stereocenters. The van der Waals surface area contributed by atoms with E-state index < -0.39 is 23.4 Å². The number of amides is 1. The van der Waals surface area contributed by atoms with Crippen LogP contribution in [0.3, 0.4) is 0 Å². The van der Waals surface area contributed by atoms with E-state index in [2.05, 4.69) is 22.0 Å². The summed E-state index contributed by atoms with van der Waals surface area (Å²) in [6, 6.07) is 7.62. The Hall–Kier alpha value is -3.34. The Morgan fingerprint density at radius 2 is 2.03 bits per heavy atom. The number of alkyl halides is 3. The molecule has 2 fully saturated rings. The van der Waals surface area contributed by atoms with Crippen molar-refractivity contribution in [3.05, 3.63) is 53.1 Å². The summed E-state index contributed by atoms with van der Waals surface area (Å²) >= 11 is 0. The minimum Gasteiger partial charge on any atom is -0.363 e. The van der Waals surface area contributed by atoms with E-state index in [-0.39, 0.29) is 23.7 Å². The number of aromatic nitrogens is 2. The van der Waals surface area contributed by atoms with Gasteiger partial charge in [0.15, 0.2) is 11.8 Å². The number of likely N-dealkylation sites (tertiary alicyclic amines) is 1. The van der Waals surface area contributed by atoms with Crippen molar-refractivity contribution in [1.82, 2.24) is 19.8 Å². The van der Waals surface area contributed by atoms with Crippen LogP contribution in [0.2, 0.25) is 0 Å². The van der Waals surface area contributed by atoms with Crippen LogP contribution in [-0.2, 0) is 12.2 Å². The molecular formula is C26H34F3N7O. The molecule has 2 aliphatic rings. The van der Waals surface area contributed by atoms with E-state index >= 15 is 4.39 Å². The summed E-state index contributed by atoms with van der Waals surface area (Å²) < 4.78 is 43.9. The average molecular weight is 518 g/mol. The Labute approximate surface area is 215 Å². The van der Waals surface area contributed by atoms with Gasteiger partial charge in [0, 0.05) is 38.3 Å². The fourth-order valence-electron chi connectivity index (χ4n) is 4.22. The molecule has 3 N–H and O–H groups in total. The van der Waals surface area contributed by atoms with Gasteiger partial charge >= 0.3 is 0 Å². The second-order valence-corrected chi connectivity index (χ2v) is 10.1. The Balaban J connectivity index is 0.00000186. The van der Waals surface area contributed by atoms with Crippen LogP contribution >= 0.6 is 0 Å². The molecule has 0 radical (unpaired) electrons. The summed E-state index contributed by atoms with van der Waals surface area (Å²) in [6.45, 7) is 5.99. The highest BCUT2D eigenvalue weighted by Crippen LogP contribution is 2.38. The Kier molecular flexibility index (Phi) is 8.68. The van der Waals surface area contributed by atoms with Crippen LogP contribution in [0.1, 0.15) is 60.2 Å². The van der Waals surface area contributed by atoms with Gasteiger partial charge in [0.25, 0.3) is 5.91 Å². The highest BCUT2D eigenvalue weighted by molar-refractivity contribution is 6.03. The normalized spacial score (nSPS) is 18.9. The fraction of sp³-hybridized carbons (Fsp3) is 0.500. The van der Waals surface area contributed by atoms with Crippen molar-refractivity contribution >= 4 is 24.7 Å².